The van der Waals surface area contributed by atoms with Crippen LogP contribution in [0.3, 0.4) is 0 Å². The molecule has 1 N–H and O–H groups in total. The second kappa shape index (κ2) is 6.09. The molecule has 3 aromatic rings. The van der Waals surface area contributed by atoms with E-state index >= 15 is 0 Å². The van der Waals surface area contributed by atoms with Crippen molar-refractivity contribution in [1.29, 1.82) is 0 Å². The molecule has 0 bridgehead atoms. The molecule has 0 radical (unpaired) electrons. The van der Waals surface area contributed by atoms with Crippen molar-refractivity contribution in [1.82, 2.24) is 19.5 Å². The van der Waals surface area contributed by atoms with Gasteiger partial charge in [-0.3, -0.25) is 0 Å². The predicted molar refractivity (Wildman–Crippen MR) is 89.4 cm³/mol. The third-order valence-corrected chi connectivity index (χ3v) is 4.27. The first-order valence-corrected chi connectivity index (χ1v) is 8.04. The molecule has 7 nitrogen and oxygen atoms in total. The van der Waals surface area contributed by atoms with Crippen LogP contribution in [-0.4, -0.2) is 43.8 Å². The molecule has 1 aliphatic heterocycles. The van der Waals surface area contributed by atoms with Crippen LogP contribution in [-0.2, 0) is 7.05 Å². The zero-order valence-corrected chi connectivity index (χ0v) is 13.5. The number of β-amino-alcohol motifs (C(OH)–C–C–N with tert-alkyl or cyclic N) is 1. The molecule has 1 atom stereocenters. The SMILES string of the molecule is Cn1ccnc1-c1cnc(N2CCC[C@@H](O)C2)nc1-c1ccco1. The molecule has 0 aliphatic carbocycles. The van der Waals surface area contributed by atoms with E-state index in [0.29, 0.717) is 23.9 Å². The Hall–Kier alpha value is -2.67. The lowest BCUT2D eigenvalue weighted by Crippen LogP contribution is -2.39. The van der Waals surface area contributed by atoms with Gasteiger partial charge in [-0.1, -0.05) is 0 Å². The highest BCUT2D eigenvalue weighted by Gasteiger charge is 2.23. The third kappa shape index (κ3) is 2.67. The van der Waals surface area contributed by atoms with Gasteiger partial charge in [-0.25, -0.2) is 15.0 Å². The lowest BCUT2D eigenvalue weighted by Gasteiger charge is -2.30. The van der Waals surface area contributed by atoms with Crippen molar-refractivity contribution in [2.75, 3.05) is 18.0 Å². The Morgan fingerprint density at radius 2 is 2.25 bits per heavy atom. The van der Waals surface area contributed by atoms with Crippen molar-refractivity contribution in [3.8, 4) is 22.8 Å². The number of hydrogen-bond donors (Lipinski definition) is 1. The zero-order chi connectivity index (χ0) is 16.5. The van der Waals surface area contributed by atoms with Crippen molar-refractivity contribution in [2.45, 2.75) is 18.9 Å². The van der Waals surface area contributed by atoms with Gasteiger partial charge in [-0.2, -0.15) is 0 Å². The summed E-state index contributed by atoms with van der Waals surface area (Å²) in [5, 5.41) is 9.91. The van der Waals surface area contributed by atoms with Crippen molar-refractivity contribution in [3.63, 3.8) is 0 Å². The number of furan rings is 1. The summed E-state index contributed by atoms with van der Waals surface area (Å²) in [6.45, 7) is 1.40. The van der Waals surface area contributed by atoms with Gasteiger partial charge in [-0.05, 0) is 25.0 Å². The number of nitrogens with zero attached hydrogens (tertiary/aromatic N) is 5. The molecule has 0 spiro atoms. The van der Waals surface area contributed by atoms with E-state index in [2.05, 4.69) is 9.97 Å². The summed E-state index contributed by atoms with van der Waals surface area (Å²) in [4.78, 5) is 15.7. The summed E-state index contributed by atoms with van der Waals surface area (Å²) in [6.07, 6.45) is 8.47. The summed E-state index contributed by atoms with van der Waals surface area (Å²) in [6, 6.07) is 3.72. The topological polar surface area (TPSA) is 80.2 Å². The van der Waals surface area contributed by atoms with E-state index in [4.69, 9.17) is 9.40 Å². The van der Waals surface area contributed by atoms with E-state index in [-0.39, 0.29) is 6.10 Å². The maximum Gasteiger partial charge on any atom is 0.226 e. The molecule has 1 saturated heterocycles. The fourth-order valence-electron chi connectivity index (χ4n) is 3.05. The molecule has 7 heteroatoms. The number of anilines is 1. The summed E-state index contributed by atoms with van der Waals surface area (Å²) in [5.41, 5.74) is 1.53. The van der Waals surface area contributed by atoms with Crippen LogP contribution in [0.25, 0.3) is 22.8 Å². The smallest absolute Gasteiger partial charge is 0.226 e. The highest BCUT2D eigenvalue weighted by atomic mass is 16.3. The Kier molecular flexibility index (Phi) is 3.78. The van der Waals surface area contributed by atoms with Gasteiger partial charge in [-0.15, -0.1) is 0 Å². The largest absolute Gasteiger partial charge is 0.463 e. The summed E-state index contributed by atoms with van der Waals surface area (Å²) in [7, 11) is 1.93. The molecule has 124 valence electrons. The van der Waals surface area contributed by atoms with Crippen LogP contribution in [0.5, 0.6) is 0 Å². The summed E-state index contributed by atoms with van der Waals surface area (Å²) in [5.74, 6) is 2.07. The highest BCUT2D eigenvalue weighted by molar-refractivity contribution is 5.75. The van der Waals surface area contributed by atoms with Gasteiger partial charge < -0.3 is 19.0 Å². The number of hydrogen-bond acceptors (Lipinski definition) is 6. The Labute approximate surface area is 139 Å². The van der Waals surface area contributed by atoms with Gasteiger partial charge in [0, 0.05) is 38.7 Å². The predicted octanol–water partition coefficient (Wildman–Crippen LogP) is 2.10. The normalized spacial score (nSPS) is 18.1. The molecule has 1 fully saturated rings. The van der Waals surface area contributed by atoms with Gasteiger partial charge in [0.05, 0.1) is 17.9 Å². The Morgan fingerprint density at radius 1 is 1.33 bits per heavy atom. The molecular formula is C17H19N5O2. The second-order valence-corrected chi connectivity index (χ2v) is 6.01. The molecule has 0 saturated carbocycles. The minimum absolute atomic E-state index is 0.330. The van der Waals surface area contributed by atoms with Crippen molar-refractivity contribution in [3.05, 3.63) is 37.0 Å². The van der Waals surface area contributed by atoms with E-state index in [0.717, 1.165) is 30.8 Å². The molecule has 0 amide bonds. The van der Waals surface area contributed by atoms with E-state index < -0.39 is 0 Å². The average Bonchev–Trinajstić information content (AvgIpc) is 3.26. The monoisotopic (exact) mass is 325 g/mol. The molecule has 3 aromatic heterocycles. The van der Waals surface area contributed by atoms with E-state index in [1.807, 2.05) is 34.8 Å². The Bertz CT molecular complexity index is 827. The first-order chi connectivity index (χ1) is 11.7. The van der Waals surface area contributed by atoms with E-state index in [1.165, 1.54) is 0 Å². The molecule has 0 unspecified atom stereocenters. The average molecular weight is 325 g/mol. The molecule has 4 heterocycles. The molecule has 1 aliphatic rings. The lowest BCUT2D eigenvalue weighted by atomic mass is 10.1. The Morgan fingerprint density at radius 3 is 2.96 bits per heavy atom. The van der Waals surface area contributed by atoms with Gasteiger partial charge >= 0.3 is 0 Å². The molecular weight excluding hydrogens is 306 g/mol. The molecule has 0 aromatic carbocycles. The summed E-state index contributed by atoms with van der Waals surface area (Å²) >= 11 is 0. The molecule has 4 rings (SSSR count). The number of aromatic nitrogens is 4. The number of piperidine rings is 1. The van der Waals surface area contributed by atoms with E-state index in [9.17, 15) is 5.11 Å². The van der Waals surface area contributed by atoms with E-state index in [1.54, 1.807) is 18.7 Å². The minimum atomic E-state index is -0.330. The third-order valence-electron chi connectivity index (χ3n) is 4.27. The van der Waals surface area contributed by atoms with Crippen LogP contribution in [0.4, 0.5) is 5.95 Å². The van der Waals surface area contributed by atoms with Crippen LogP contribution < -0.4 is 4.90 Å². The number of aliphatic hydroxyl groups is 1. The van der Waals surface area contributed by atoms with Crippen molar-refractivity contribution < 1.29 is 9.52 Å². The van der Waals surface area contributed by atoms with Crippen LogP contribution >= 0.6 is 0 Å². The fourth-order valence-corrected chi connectivity index (χ4v) is 3.05. The molecule has 24 heavy (non-hydrogen) atoms. The Balaban J connectivity index is 1.80. The van der Waals surface area contributed by atoms with Crippen LogP contribution in [0.1, 0.15) is 12.8 Å². The van der Waals surface area contributed by atoms with Gasteiger partial charge in [0.2, 0.25) is 5.95 Å². The van der Waals surface area contributed by atoms with Gasteiger partial charge in [0.1, 0.15) is 11.5 Å². The van der Waals surface area contributed by atoms with Crippen molar-refractivity contribution >= 4 is 5.95 Å². The highest BCUT2D eigenvalue weighted by Crippen LogP contribution is 2.31. The number of aryl methyl sites for hydroxylation is 1. The number of imidazole rings is 1. The standard InChI is InChI=1S/C17H19N5O2/c1-21-8-6-18-16(21)13-10-19-17(22-7-2-4-12(23)11-22)20-15(13)14-5-3-9-24-14/h3,5-6,8-10,12,23H,2,4,7,11H2,1H3/t12-/m1/s1. The quantitative estimate of drug-likeness (QED) is 0.794. The van der Waals surface area contributed by atoms with Crippen LogP contribution in [0.15, 0.2) is 41.4 Å². The van der Waals surface area contributed by atoms with Crippen molar-refractivity contribution in [2.24, 2.45) is 7.05 Å². The zero-order valence-electron chi connectivity index (χ0n) is 13.5. The summed E-state index contributed by atoms with van der Waals surface area (Å²) < 4.78 is 7.49. The first kappa shape index (κ1) is 14.9. The maximum absolute atomic E-state index is 9.91. The van der Waals surface area contributed by atoms with Crippen LogP contribution in [0.2, 0.25) is 0 Å². The van der Waals surface area contributed by atoms with Gasteiger partial charge in [0.15, 0.2) is 5.76 Å². The lowest BCUT2D eigenvalue weighted by molar-refractivity contribution is 0.153. The second-order valence-electron chi connectivity index (χ2n) is 6.01. The maximum atomic E-state index is 9.91. The number of aliphatic hydroxyl groups excluding tert-OH is 1. The fraction of sp³-hybridized carbons (Fsp3) is 0.353. The van der Waals surface area contributed by atoms with Crippen LogP contribution in [0, 0.1) is 0 Å². The first-order valence-electron chi connectivity index (χ1n) is 8.04. The van der Waals surface area contributed by atoms with Gasteiger partial charge in [0.25, 0.3) is 0 Å². The number of rotatable bonds is 3. The minimum Gasteiger partial charge on any atom is -0.463 e.